The molecule has 1 saturated heterocycles. The Morgan fingerprint density at radius 3 is 2.16 bits per heavy atom. The molecular formula is C23H23NO8. The van der Waals surface area contributed by atoms with Crippen LogP contribution in [-0.4, -0.2) is 60.6 Å². The van der Waals surface area contributed by atoms with Gasteiger partial charge in [-0.05, 0) is 42.0 Å². The molecule has 1 aliphatic rings. The first kappa shape index (κ1) is 22.7. The van der Waals surface area contributed by atoms with Gasteiger partial charge < -0.3 is 29.3 Å². The molecule has 1 unspecified atom stereocenters. The Balaban J connectivity index is 2.17. The van der Waals surface area contributed by atoms with Crippen molar-refractivity contribution in [3.05, 3.63) is 59.2 Å². The number of Topliss-reactive ketones (excluding diaryl/α,β-unsaturated/α-hetero) is 1. The van der Waals surface area contributed by atoms with E-state index in [1.165, 1.54) is 21.3 Å². The predicted octanol–water partition coefficient (Wildman–Crippen LogP) is 2.61. The summed E-state index contributed by atoms with van der Waals surface area (Å²) in [5.74, 6) is -1.92. The number of aliphatic hydroxyl groups is 1. The maximum atomic E-state index is 12.9. The van der Waals surface area contributed by atoms with E-state index in [9.17, 15) is 19.5 Å². The highest BCUT2D eigenvalue weighted by atomic mass is 16.5. The van der Waals surface area contributed by atoms with Crippen molar-refractivity contribution < 1.29 is 38.8 Å². The van der Waals surface area contributed by atoms with Crippen molar-refractivity contribution in [1.82, 2.24) is 4.90 Å². The molecular weight excluding hydrogens is 418 g/mol. The van der Waals surface area contributed by atoms with Crippen LogP contribution in [0.1, 0.15) is 23.6 Å². The Labute approximate surface area is 184 Å². The van der Waals surface area contributed by atoms with Crippen molar-refractivity contribution in [3.8, 4) is 17.2 Å². The number of hydrogen-bond donors (Lipinski definition) is 2. The largest absolute Gasteiger partial charge is 0.507 e. The molecule has 1 fully saturated rings. The van der Waals surface area contributed by atoms with Crippen molar-refractivity contribution in [2.24, 2.45) is 0 Å². The minimum absolute atomic E-state index is 0.141. The van der Waals surface area contributed by atoms with Gasteiger partial charge in [0, 0.05) is 12.1 Å². The van der Waals surface area contributed by atoms with Crippen LogP contribution in [0, 0.1) is 0 Å². The normalized spacial score (nSPS) is 17.3. The van der Waals surface area contributed by atoms with Crippen LogP contribution in [0.4, 0.5) is 0 Å². The molecule has 2 aromatic rings. The first-order valence-electron chi connectivity index (χ1n) is 9.69. The maximum absolute atomic E-state index is 12.9. The summed E-state index contributed by atoms with van der Waals surface area (Å²) in [4.78, 5) is 38.0. The highest BCUT2D eigenvalue weighted by molar-refractivity contribution is 6.46. The number of methoxy groups -OCH3 is 3. The van der Waals surface area contributed by atoms with Gasteiger partial charge in [-0.3, -0.25) is 14.4 Å². The van der Waals surface area contributed by atoms with Crippen LogP contribution in [0.3, 0.4) is 0 Å². The number of nitrogens with zero attached hydrogens (tertiary/aromatic N) is 1. The highest BCUT2D eigenvalue weighted by Gasteiger charge is 2.46. The standard InChI is InChI=1S/C23H23NO8/c1-30-15-7-4-13(5-8-15)21(27)19-20(14-6-9-16(31-2)17(12-14)32-3)24(11-10-18(25)26)23(29)22(19)28/h4-9,12,20,27H,10-11H2,1-3H3,(H,25,26)/b21-19-. The summed E-state index contributed by atoms with van der Waals surface area (Å²) in [5.41, 5.74) is 0.632. The van der Waals surface area contributed by atoms with Crippen molar-refractivity contribution >= 4 is 23.4 Å². The smallest absolute Gasteiger partial charge is 0.305 e. The van der Waals surface area contributed by atoms with Crippen LogP contribution in [0.5, 0.6) is 17.2 Å². The topological polar surface area (TPSA) is 123 Å². The number of likely N-dealkylation sites (tertiary alicyclic amines) is 1. The van der Waals surface area contributed by atoms with Gasteiger partial charge in [0.1, 0.15) is 11.5 Å². The molecule has 0 saturated carbocycles. The van der Waals surface area contributed by atoms with Crippen LogP contribution >= 0.6 is 0 Å². The minimum atomic E-state index is -1.12. The van der Waals surface area contributed by atoms with Gasteiger partial charge in [0.2, 0.25) is 0 Å². The van der Waals surface area contributed by atoms with Crippen LogP contribution in [-0.2, 0) is 14.4 Å². The molecule has 0 bridgehead atoms. The fourth-order valence-electron chi connectivity index (χ4n) is 3.60. The van der Waals surface area contributed by atoms with Crippen LogP contribution < -0.4 is 14.2 Å². The van der Waals surface area contributed by atoms with E-state index in [1.54, 1.807) is 42.5 Å². The minimum Gasteiger partial charge on any atom is -0.507 e. The van der Waals surface area contributed by atoms with Crippen LogP contribution in [0.2, 0.25) is 0 Å². The molecule has 168 valence electrons. The predicted molar refractivity (Wildman–Crippen MR) is 114 cm³/mol. The van der Waals surface area contributed by atoms with Crippen LogP contribution in [0.15, 0.2) is 48.0 Å². The number of ketones is 1. The first-order valence-corrected chi connectivity index (χ1v) is 9.69. The van der Waals surface area contributed by atoms with E-state index in [4.69, 9.17) is 19.3 Å². The number of aliphatic hydroxyl groups excluding tert-OH is 1. The molecule has 1 heterocycles. The summed E-state index contributed by atoms with van der Waals surface area (Å²) >= 11 is 0. The zero-order valence-corrected chi connectivity index (χ0v) is 17.8. The Kier molecular flexibility index (Phi) is 6.67. The number of benzene rings is 2. The SMILES string of the molecule is COc1ccc(/C(O)=C2/C(=O)C(=O)N(CCC(=O)O)C2c2ccc(OC)c(OC)c2)cc1. The lowest BCUT2D eigenvalue weighted by Gasteiger charge is -2.25. The van der Waals surface area contributed by atoms with Crippen molar-refractivity contribution in [3.63, 3.8) is 0 Å². The Bertz CT molecular complexity index is 1070. The van der Waals surface area contributed by atoms with E-state index >= 15 is 0 Å². The fourth-order valence-corrected chi connectivity index (χ4v) is 3.60. The zero-order chi connectivity index (χ0) is 23.4. The third kappa shape index (κ3) is 4.22. The Hall–Kier alpha value is -4.01. The first-order chi connectivity index (χ1) is 15.3. The van der Waals surface area contributed by atoms with Crippen LogP contribution in [0.25, 0.3) is 5.76 Å². The summed E-state index contributed by atoms with van der Waals surface area (Å²) in [7, 11) is 4.42. The number of aliphatic carboxylic acids is 1. The molecule has 32 heavy (non-hydrogen) atoms. The van der Waals surface area contributed by atoms with E-state index in [1.807, 2.05) is 0 Å². The molecule has 1 aliphatic heterocycles. The van der Waals surface area contributed by atoms with Gasteiger partial charge in [-0.25, -0.2) is 0 Å². The second kappa shape index (κ2) is 9.42. The quantitative estimate of drug-likeness (QED) is 0.364. The van der Waals surface area contributed by atoms with E-state index in [-0.39, 0.29) is 24.3 Å². The third-order valence-corrected chi connectivity index (χ3v) is 5.19. The summed E-state index contributed by atoms with van der Waals surface area (Å²) in [6, 6.07) is 10.2. The fraction of sp³-hybridized carbons (Fsp3) is 0.261. The monoisotopic (exact) mass is 441 g/mol. The molecule has 1 atom stereocenters. The number of carboxylic acid groups (broad SMARTS) is 1. The number of carboxylic acids is 1. The summed E-state index contributed by atoms with van der Waals surface area (Å²) in [6.45, 7) is -0.210. The van der Waals surface area contributed by atoms with Crippen molar-refractivity contribution in [2.45, 2.75) is 12.5 Å². The summed E-state index contributed by atoms with van der Waals surface area (Å²) < 4.78 is 15.7. The molecule has 0 aliphatic carbocycles. The lowest BCUT2D eigenvalue weighted by atomic mass is 9.95. The summed E-state index contributed by atoms with van der Waals surface area (Å²) in [5, 5.41) is 20.1. The van der Waals surface area contributed by atoms with E-state index in [2.05, 4.69) is 0 Å². The molecule has 0 radical (unpaired) electrons. The number of amides is 1. The Morgan fingerprint density at radius 1 is 0.938 bits per heavy atom. The molecule has 9 heteroatoms. The van der Waals surface area contributed by atoms with Gasteiger partial charge in [0.15, 0.2) is 11.5 Å². The molecule has 9 nitrogen and oxygen atoms in total. The lowest BCUT2D eigenvalue weighted by molar-refractivity contribution is -0.142. The molecule has 3 rings (SSSR count). The van der Waals surface area contributed by atoms with Crippen molar-refractivity contribution in [1.29, 1.82) is 0 Å². The average molecular weight is 441 g/mol. The van der Waals surface area contributed by atoms with Gasteiger partial charge in [0.05, 0.1) is 39.4 Å². The van der Waals surface area contributed by atoms with Gasteiger partial charge in [-0.2, -0.15) is 0 Å². The maximum Gasteiger partial charge on any atom is 0.305 e. The third-order valence-electron chi connectivity index (χ3n) is 5.19. The second-order valence-electron chi connectivity index (χ2n) is 6.98. The van der Waals surface area contributed by atoms with Gasteiger partial charge in [-0.15, -0.1) is 0 Å². The average Bonchev–Trinajstić information content (AvgIpc) is 3.06. The van der Waals surface area contributed by atoms with E-state index in [0.717, 1.165) is 4.90 Å². The van der Waals surface area contributed by atoms with E-state index < -0.39 is 23.7 Å². The Morgan fingerprint density at radius 2 is 1.59 bits per heavy atom. The molecule has 0 spiro atoms. The molecule has 2 aromatic carbocycles. The molecule has 0 aromatic heterocycles. The molecule has 2 N–H and O–H groups in total. The van der Waals surface area contributed by atoms with E-state index in [0.29, 0.717) is 28.4 Å². The number of ether oxygens (including phenoxy) is 3. The zero-order valence-electron chi connectivity index (χ0n) is 17.8. The number of hydrogen-bond acceptors (Lipinski definition) is 7. The number of carbonyl (C=O) groups is 3. The lowest BCUT2D eigenvalue weighted by Crippen LogP contribution is -2.31. The van der Waals surface area contributed by atoms with Gasteiger partial charge in [-0.1, -0.05) is 6.07 Å². The number of carbonyl (C=O) groups excluding carboxylic acids is 2. The molecule has 1 amide bonds. The summed E-state index contributed by atoms with van der Waals surface area (Å²) in [6.07, 6.45) is -0.362. The van der Waals surface area contributed by atoms with Crippen molar-refractivity contribution in [2.75, 3.05) is 27.9 Å². The number of rotatable bonds is 8. The second-order valence-corrected chi connectivity index (χ2v) is 6.98. The van der Waals surface area contributed by atoms with Gasteiger partial charge in [0.25, 0.3) is 11.7 Å². The van der Waals surface area contributed by atoms with Gasteiger partial charge >= 0.3 is 5.97 Å². The highest BCUT2D eigenvalue weighted by Crippen LogP contribution is 2.42.